The van der Waals surface area contributed by atoms with Crippen molar-refractivity contribution < 1.29 is 14.0 Å². The van der Waals surface area contributed by atoms with Crippen LogP contribution < -0.4 is 11.1 Å². The van der Waals surface area contributed by atoms with Crippen LogP contribution in [0.5, 0.6) is 0 Å². The SMILES string of the molecule is CC(CN)CNC(=O)C1Cc2ccccc2CN1C(=O)c1ccco1.Cl. The predicted octanol–water partition coefficient (Wildman–Crippen LogP) is 1.98. The first-order valence-electron chi connectivity index (χ1n) is 8.49. The van der Waals surface area contributed by atoms with Gasteiger partial charge in [-0.15, -0.1) is 12.4 Å². The molecule has 3 rings (SSSR count). The van der Waals surface area contributed by atoms with E-state index in [0.29, 0.717) is 26.1 Å². The standard InChI is InChI=1S/C19H23N3O3.ClH/c1-13(10-20)11-21-18(23)16-9-14-5-2-3-6-15(14)12-22(16)19(24)17-7-4-8-25-17;/h2-8,13,16H,9-12,20H2,1H3,(H,21,23);1H. The molecule has 2 heterocycles. The summed E-state index contributed by atoms with van der Waals surface area (Å²) in [5.74, 6) is 0.00259. The van der Waals surface area contributed by atoms with E-state index in [1.54, 1.807) is 17.0 Å². The van der Waals surface area contributed by atoms with E-state index in [4.69, 9.17) is 10.2 Å². The largest absolute Gasteiger partial charge is 0.459 e. The molecule has 7 heteroatoms. The second-order valence-electron chi connectivity index (χ2n) is 6.49. The molecule has 2 aromatic rings. The number of hydrogen-bond donors (Lipinski definition) is 2. The van der Waals surface area contributed by atoms with Crippen LogP contribution in [0.1, 0.15) is 28.6 Å². The van der Waals surface area contributed by atoms with Gasteiger partial charge in [-0.1, -0.05) is 31.2 Å². The number of carbonyl (C=O) groups is 2. The van der Waals surface area contributed by atoms with E-state index in [2.05, 4.69) is 5.32 Å². The summed E-state index contributed by atoms with van der Waals surface area (Å²) in [6.45, 7) is 3.36. The Morgan fingerprint density at radius 1 is 1.27 bits per heavy atom. The minimum Gasteiger partial charge on any atom is -0.459 e. The zero-order valence-corrected chi connectivity index (χ0v) is 15.5. The summed E-state index contributed by atoms with van der Waals surface area (Å²) in [4.78, 5) is 27.1. The summed E-state index contributed by atoms with van der Waals surface area (Å²) in [6.07, 6.45) is 1.95. The number of carbonyl (C=O) groups excluding carboxylic acids is 2. The molecule has 1 aromatic heterocycles. The van der Waals surface area contributed by atoms with Gasteiger partial charge >= 0.3 is 0 Å². The molecule has 1 aliphatic heterocycles. The summed E-state index contributed by atoms with van der Waals surface area (Å²) >= 11 is 0. The van der Waals surface area contributed by atoms with Crippen molar-refractivity contribution in [1.82, 2.24) is 10.2 Å². The van der Waals surface area contributed by atoms with E-state index in [1.165, 1.54) is 6.26 Å². The van der Waals surface area contributed by atoms with Gasteiger partial charge in [0.1, 0.15) is 6.04 Å². The highest BCUT2D eigenvalue weighted by Crippen LogP contribution is 2.25. The Kier molecular flexibility index (Phi) is 6.83. The molecule has 3 N–H and O–H groups in total. The lowest BCUT2D eigenvalue weighted by atomic mass is 9.93. The molecule has 140 valence electrons. The van der Waals surface area contributed by atoms with E-state index < -0.39 is 6.04 Å². The van der Waals surface area contributed by atoms with Gasteiger partial charge in [0.25, 0.3) is 5.91 Å². The van der Waals surface area contributed by atoms with E-state index in [0.717, 1.165) is 11.1 Å². The van der Waals surface area contributed by atoms with Gasteiger partial charge in [0.15, 0.2) is 5.76 Å². The quantitative estimate of drug-likeness (QED) is 0.833. The fourth-order valence-electron chi connectivity index (χ4n) is 2.99. The molecule has 0 bridgehead atoms. The third kappa shape index (κ3) is 4.26. The maximum absolute atomic E-state index is 12.8. The van der Waals surface area contributed by atoms with Crippen LogP contribution in [-0.2, 0) is 17.8 Å². The molecule has 0 saturated heterocycles. The molecule has 6 nitrogen and oxygen atoms in total. The van der Waals surface area contributed by atoms with Crippen molar-refractivity contribution in [3.8, 4) is 0 Å². The predicted molar refractivity (Wildman–Crippen MR) is 101 cm³/mol. The van der Waals surface area contributed by atoms with Crippen LogP contribution in [0, 0.1) is 5.92 Å². The average Bonchev–Trinajstić information content (AvgIpc) is 3.18. The molecule has 0 radical (unpaired) electrons. The molecular formula is C19H24ClN3O3. The van der Waals surface area contributed by atoms with Crippen LogP contribution in [-0.4, -0.2) is 35.8 Å². The third-order valence-electron chi connectivity index (χ3n) is 4.57. The van der Waals surface area contributed by atoms with Gasteiger partial charge in [-0.3, -0.25) is 9.59 Å². The molecule has 1 aliphatic rings. The summed E-state index contributed by atoms with van der Waals surface area (Å²) in [6, 6.07) is 10.6. The van der Waals surface area contributed by atoms with E-state index >= 15 is 0 Å². The Balaban J connectivity index is 0.00000243. The highest BCUT2D eigenvalue weighted by Gasteiger charge is 2.35. The third-order valence-corrected chi connectivity index (χ3v) is 4.57. The van der Waals surface area contributed by atoms with Gasteiger partial charge in [0.05, 0.1) is 6.26 Å². The number of nitrogens with zero attached hydrogens (tertiary/aromatic N) is 1. The summed E-state index contributed by atoms with van der Waals surface area (Å²) in [7, 11) is 0. The Bertz CT molecular complexity index is 748. The number of fused-ring (bicyclic) bond motifs is 1. The molecule has 26 heavy (non-hydrogen) atoms. The fraction of sp³-hybridized carbons (Fsp3) is 0.368. The van der Waals surface area contributed by atoms with Crippen molar-refractivity contribution in [2.45, 2.75) is 25.9 Å². The second-order valence-corrected chi connectivity index (χ2v) is 6.49. The number of furan rings is 1. The van der Waals surface area contributed by atoms with Crippen LogP contribution in [0.15, 0.2) is 47.1 Å². The van der Waals surface area contributed by atoms with E-state index in [1.807, 2.05) is 31.2 Å². The Labute approximate surface area is 159 Å². The first-order chi connectivity index (χ1) is 12.1. The number of nitrogens with two attached hydrogens (primary N) is 1. The lowest BCUT2D eigenvalue weighted by Gasteiger charge is -2.35. The Morgan fingerprint density at radius 3 is 2.65 bits per heavy atom. The normalized spacial score (nSPS) is 17.0. The number of nitrogens with one attached hydrogen (secondary N) is 1. The summed E-state index contributed by atoms with van der Waals surface area (Å²) < 4.78 is 5.24. The van der Waals surface area contributed by atoms with Crippen LogP contribution in [0.25, 0.3) is 0 Å². The van der Waals surface area contributed by atoms with E-state index in [-0.39, 0.29) is 35.9 Å². The zero-order valence-electron chi connectivity index (χ0n) is 14.7. The zero-order chi connectivity index (χ0) is 17.8. The molecule has 2 amide bonds. The second kappa shape index (κ2) is 8.87. The van der Waals surface area contributed by atoms with Crippen LogP contribution in [0.3, 0.4) is 0 Å². The van der Waals surface area contributed by atoms with Crippen LogP contribution in [0.4, 0.5) is 0 Å². The monoisotopic (exact) mass is 377 g/mol. The maximum atomic E-state index is 12.8. The molecular weight excluding hydrogens is 354 g/mol. The van der Waals surface area contributed by atoms with E-state index in [9.17, 15) is 9.59 Å². The molecule has 0 spiro atoms. The Hall–Kier alpha value is -2.31. The number of amides is 2. The Morgan fingerprint density at radius 2 is 2.00 bits per heavy atom. The minimum atomic E-state index is -0.558. The van der Waals surface area contributed by atoms with Crippen LogP contribution >= 0.6 is 12.4 Å². The van der Waals surface area contributed by atoms with Gasteiger partial charge in [-0.05, 0) is 35.7 Å². The van der Waals surface area contributed by atoms with Crippen molar-refractivity contribution in [3.63, 3.8) is 0 Å². The first-order valence-corrected chi connectivity index (χ1v) is 8.49. The highest BCUT2D eigenvalue weighted by atomic mass is 35.5. The smallest absolute Gasteiger partial charge is 0.290 e. The lowest BCUT2D eigenvalue weighted by Crippen LogP contribution is -2.53. The number of hydrogen-bond acceptors (Lipinski definition) is 4. The van der Waals surface area contributed by atoms with Crippen molar-refractivity contribution in [1.29, 1.82) is 0 Å². The molecule has 2 atom stereocenters. The number of halogens is 1. The van der Waals surface area contributed by atoms with Crippen molar-refractivity contribution >= 4 is 24.2 Å². The van der Waals surface area contributed by atoms with Gasteiger partial charge in [-0.25, -0.2) is 0 Å². The topological polar surface area (TPSA) is 88.6 Å². The summed E-state index contributed by atoms with van der Waals surface area (Å²) in [5.41, 5.74) is 7.76. The molecule has 1 aromatic carbocycles. The molecule has 0 aliphatic carbocycles. The lowest BCUT2D eigenvalue weighted by molar-refractivity contribution is -0.126. The van der Waals surface area contributed by atoms with Gasteiger partial charge < -0.3 is 20.4 Å². The average molecular weight is 378 g/mol. The van der Waals surface area contributed by atoms with Gasteiger partial charge in [0.2, 0.25) is 5.91 Å². The summed E-state index contributed by atoms with van der Waals surface area (Å²) in [5, 5.41) is 2.92. The van der Waals surface area contributed by atoms with Crippen molar-refractivity contribution in [2.75, 3.05) is 13.1 Å². The maximum Gasteiger partial charge on any atom is 0.290 e. The minimum absolute atomic E-state index is 0. The highest BCUT2D eigenvalue weighted by molar-refractivity contribution is 5.96. The van der Waals surface area contributed by atoms with Crippen molar-refractivity contribution in [3.05, 3.63) is 59.5 Å². The molecule has 0 saturated carbocycles. The number of rotatable bonds is 5. The van der Waals surface area contributed by atoms with Gasteiger partial charge in [0, 0.05) is 19.5 Å². The molecule has 0 fully saturated rings. The fourth-order valence-corrected chi connectivity index (χ4v) is 2.99. The molecule has 2 unspecified atom stereocenters. The van der Waals surface area contributed by atoms with Crippen molar-refractivity contribution in [2.24, 2.45) is 11.7 Å². The van der Waals surface area contributed by atoms with Crippen LogP contribution in [0.2, 0.25) is 0 Å². The first kappa shape index (κ1) is 20.0. The number of benzene rings is 1. The van der Waals surface area contributed by atoms with Gasteiger partial charge in [-0.2, -0.15) is 0 Å².